The van der Waals surface area contributed by atoms with Crippen molar-refractivity contribution >= 4 is 11.6 Å². The van der Waals surface area contributed by atoms with E-state index in [2.05, 4.69) is 34.6 Å². The van der Waals surface area contributed by atoms with E-state index in [1.807, 2.05) is 12.1 Å². The first kappa shape index (κ1) is 12.2. The number of carbonyl (C=O) groups excluding carboxylic acids is 1. The number of anilines is 1. The summed E-state index contributed by atoms with van der Waals surface area (Å²) in [6.45, 7) is 5.87. The molecule has 0 saturated carbocycles. The van der Waals surface area contributed by atoms with Gasteiger partial charge in [0.05, 0.1) is 12.0 Å². The van der Waals surface area contributed by atoms with Gasteiger partial charge in [0.2, 0.25) is 5.91 Å². The number of hydrogen-bond acceptors (Lipinski definition) is 2. The maximum atomic E-state index is 12.8. The van der Waals surface area contributed by atoms with Gasteiger partial charge >= 0.3 is 0 Å². The first-order valence-corrected chi connectivity index (χ1v) is 7.57. The van der Waals surface area contributed by atoms with Gasteiger partial charge in [-0.15, -0.1) is 6.58 Å². The topological polar surface area (TPSA) is 23.6 Å². The maximum Gasteiger partial charge on any atom is 0.232 e. The molecule has 2 saturated heterocycles. The zero-order valence-electron chi connectivity index (χ0n) is 11.7. The normalized spacial score (nSPS) is 31.9. The van der Waals surface area contributed by atoms with E-state index in [0.29, 0.717) is 18.0 Å². The molecular weight excluding hydrogens is 248 g/mol. The third kappa shape index (κ3) is 1.53. The lowest BCUT2D eigenvalue weighted by Gasteiger charge is -2.37. The molecule has 3 heteroatoms. The predicted octanol–water partition coefficient (Wildman–Crippen LogP) is 2.22. The molecule has 1 amide bonds. The zero-order valence-corrected chi connectivity index (χ0v) is 11.7. The van der Waals surface area contributed by atoms with Crippen molar-refractivity contribution in [2.45, 2.75) is 31.3 Å². The molecule has 0 N–H and O–H groups in total. The average molecular weight is 268 g/mol. The number of nitrogens with zero attached hydrogens (tertiary/aromatic N) is 2. The van der Waals surface area contributed by atoms with Crippen molar-refractivity contribution in [2.75, 3.05) is 18.0 Å². The first-order valence-electron chi connectivity index (χ1n) is 7.57. The van der Waals surface area contributed by atoms with Crippen LogP contribution in [-0.4, -0.2) is 36.0 Å². The second kappa shape index (κ2) is 4.45. The Labute approximate surface area is 119 Å². The van der Waals surface area contributed by atoms with Gasteiger partial charge in [0.15, 0.2) is 0 Å². The molecule has 3 heterocycles. The van der Waals surface area contributed by atoms with Gasteiger partial charge in [0, 0.05) is 18.3 Å². The molecular formula is C17H20N2O. The van der Waals surface area contributed by atoms with Gasteiger partial charge in [-0.3, -0.25) is 9.69 Å². The summed E-state index contributed by atoms with van der Waals surface area (Å²) in [4.78, 5) is 17.4. The summed E-state index contributed by atoms with van der Waals surface area (Å²) in [5, 5.41) is 0. The SMILES string of the molecule is C=CCN1CCC[C@@H]2C(=O)N3c4ccccc4C[C@@H]3[C@H]21. The Kier molecular flexibility index (Phi) is 2.71. The van der Waals surface area contributed by atoms with E-state index in [4.69, 9.17) is 0 Å². The summed E-state index contributed by atoms with van der Waals surface area (Å²) in [7, 11) is 0. The number of fused-ring (bicyclic) bond motifs is 5. The summed E-state index contributed by atoms with van der Waals surface area (Å²) in [5.74, 6) is 0.542. The van der Waals surface area contributed by atoms with Crippen LogP contribution < -0.4 is 4.90 Å². The number of likely N-dealkylation sites (tertiary alicyclic amines) is 1. The van der Waals surface area contributed by atoms with E-state index in [1.165, 1.54) is 5.56 Å². The number of hydrogen-bond donors (Lipinski definition) is 0. The van der Waals surface area contributed by atoms with Crippen LogP contribution in [0.25, 0.3) is 0 Å². The van der Waals surface area contributed by atoms with Gasteiger partial charge in [0.1, 0.15) is 0 Å². The van der Waals surface area contributed by atoms with Gasteiger partial charge < -0.3 is 4.90 Å². The van der Waals surface area contributed by atoms with Crippen molar-refractivity contribution in [2.24, 2.45) is 5.92 Å². The van der Waals surface area contributed by atoms with Crippen LogP contribution in [0.3, 0.4) is 0 Å². The minimum absolute atomic E-state index is 0.196. The van der Waals surface area contributed by atoms with Crippen LogP contribution in [0.1, 0.15) is 18.4 Å². The fourth-order valence-corrected chi connectivity index (χ4v) is 4.40. The van der Waals surface area contributed by atoms with Gasteiger partial charge in [-0.1, -0.05) is 24.3 Å². The Balaban J connectivity index is 1.74. The van der Waals surface area contributed by atoms with E-state index >= 15 is 0 Å². The van der Waals surface area contributed by atoms with Crippen molar-refractivity contribution in [3.05, 3.63) is 42.5 Å². The molecule has 3 aliphatic rings. The number of amides is 1. The fraction of sp³-hybridized carbons (Fsp3) is 0.471. The monoisotopic (exact) mass is 268 g/mol. The number of benzene rings is 1. The predicted molar refractivity (Wildman–Crippen MR) is 79.7 cm³/mol. The molecule has 2 fully saturated rings. The van der Waals surface area contributed by atoms with Gasteiger partial charge in [-0.05, 0) is 37.4 Å². The number of rotatable bonds is 2. The lowest BCUT2D eigenvalue weighted by molar-refractivity contribution is -0.122. The highest BCUT2D eigenvalue weighted by Gasteiger charge is 2.54. The largest absolute Gasteiger partial charge is 0.307 e. The van der Waals surface area contributed by atoms with Crippen molar-refractivity contribution in [3.8, 4) is 0 Å². The zero-order chi connectivity index (χ0) is 13.7. The highest BCUT2D eigenvalue weighted by molar-refractivity contribution is 6.01. The molecule has 0 spiro atoms. The van der Waals surface area contributed by atoms with E-state index in [9.17, 15) is 4.79 Å². The second-order valence-corrected chi connectivity index (χ2v) is 6.13. The molecule has 20 heavy (non-hydrogen) atoms. The second-order valence-electron chi connectivity index (χ2n) is 6.13. The van der Waals surface area contributed by atoms with Crippen LogP contribution in [0.2, 0.25) is 0 Å². The van der Waals surface area contributed by atoms with E-state index < -0.39 is 0 Å². The number of para-hydroxylation sites is 1. The summed E-state index contributed by atoms with van der Waals surface area (Å²) < 4.78 is 0. The molecule has 1 aromatic rings. The Morgan fingerprint density at radius 1 is 1.35 bits per heavy atom. The third-order valence-corrected chi connectivity index (χ3v) is 5.12. The Morgan fingerprint density at radius 3 is 3.05 bits per heavy atom. The average Bonchev–Trinajstić information content (AvgIpc) is 2.97. The molecule has 104 valence electrons. The Hall–Kier alpha value is -1.61. The molecule has 1 aromatic carbocycles. The molecule has 0 aliphatic carbocycles. The van der Waals surface area contributed by atoms with Crippen LogP contribution in [0.5, 0.6) is 0 Å². The van der Waals surface area contributed by atoms with Gasteiger partial charge in [-0.25, -0.2) is 0 Å². The Bertz CT molecular complexity index is 568. The van der Waals surface area contributed by atoms with Crippen LogP contribution >= 0.6 is 0 Å². The quantitative estimate of drug-likeness (QED) is 0.768. The van der Waals surface area contributed by atoms with Crippen LogP contribution in [0, 0.1) is 5.92 Å². The molecule has 0 aromatic heterocycles. The van der Waals surface area contributed by atoms with Crippen molar-refractivity contribution in [1.29, 1.82) is 0 Å². The number of carbonyl (C=O) groups is 1. The highest BCUT2D eigenvalue weighted by atomic mass is 16.2. The lowest BCUT2D eigenvalue weighted by atomic mass is 9.86. The van der Waals surface area contributed by atoms with Crippen molar-refractivity contribution in [1.82, 2.24) is 4.90 Å². The summed E-state index contributed by atoms with van der Waals surface area (Å²) >= 11 is 0. The van der Waals surface area contributed by atoms with E-state index in [-0.39, 0.29) is 5.92 Å². The van der Waals surface area contributed by atoms with Crippen LogP contribution in [0.4, 0.5) is 5.69 Å². The highest BCUT2D eigenvalue weighted by Crippen LogP contribution is 2.45. The molecule has 3 atom stereocenters. The van der Waals surface area contributed by atoms with Gasteiger partial charge in [0.25, 0.3) is 0 Å². The lowest BCUT2D eigenvalue weighted by Crippen LogP contribution is -2.49. The standard InChI is InChI=1S/C17H20N2O/c1-2-9-18-10-5-7-13-16(18)15-11-12-6-3-4-8-14(12)19(15)17(13)20/h2-4,6,8,13,15-16H,1,5,7,9-11H2/t13-,15+,16-/m0/s1. The van der Waals surface area contributed by atoms with Gasteiger partial charge in [-0.2, -0.15) is 0 Å². The molecule has 4 rings (SSSR count). The summed E-state index contributed by atoms with van der Waals surface area (Å²) in [5.41, 5.74) is 2.48. The maximum absolute atomic E-state index is 12.8. The fourth-order valence-electron chi connectivity index (χ4n) is 4.40. The van der Waals surface area contributed by atoms with E-state index in [1.54, 1.807) is 0 Å². The molecule has 0 radical (unpaired) electrons. The molecule has 0 bridgehead atoms. The number of piperidine rings is 1. The van der Waals surface area contributed by atoms with E-state index in [0.717, 1.165) is 38.0 Å². The van der Waals surface area contributed by atoms with Crippen LogP contribution in [0.15, 0.2) is 36.9 Å². The van der Waals surface area contributed by atoms with Crippen molar-refractivity contribution in [3.63, 3.8) is 0 Å². The molecule has 3 aliphatic heterocycles. The van der Waals surface area contributed by atoms with Crippen LogP contribution in [-0.2, 0) is 11.2 Å². The smallest absolute Gasteiger partial charge is 0.232 e. The summed E-state index contributed by atoms with van der Waals surface area (Å²) in [6, 6.07) is 9.09. The minimum atomic E-state index is 0.196. The first-order chi connectivity index (χ1) is 9.81. The molecule has 3 nitrogen and oxygen atoms in total. The molecule has 0 unspecified atom stereocenters. The summed E-state index contributed by atoms with van der Waals surface area (Å²) in [6.07, 6.45) is 5.16. The minimum Gasteiger partial charge on any atom is -0.307 e. The van der Waals surface area contributed by atoms with Crippen molar-refractivity contribution < 1.29 is 4.79 Å². The third-order valence-electron chi connectivity index (χ3n) is 5.12. The Morgan fingerprint density at radius 2 is 2.20 bits per heavy atom.